The van der Waals surface area contributed by atoms with Crippen molar-refractivity contribution >= 4 is 10.9 Å². The summed E-state index contributed by atoms with van der Waals surface area (Å²) in [7, 11) is 0. The van der Waals surface area contributed by atoms with Gasteiger partial charge < -0.3 is 9.55 Å². The number of aromatic amines is 1. The summed E-state index contributed by atoms with van der Waals surface area (Å²) in [5.41, 5.74) is -0.184. The number of nitrogens with one attached hydrogen (secondary N) is 1. The maximum absolute atomic E-state index is 12.2. The predicted octanol–water partition coefficient (Wildman–Crippen LogP) is 1.75. The van der Waals surface area contributed by atoms with Crippen LogP contribution < -0.4 is 11.1 Å². The lowest BCUT2D eigenvalue weighted by atomic mass is 10.2. The molecule has 0 aliphatic heterocycles. The quantitative estimate of drug-likeness (QED) is 0.847. The van der Waals surface area contributed by atoms with Gasteiger partial charge in [-0.15, -0.1) is 0 Å². The maximum Gasteiger partial charge on any atom is 0.266 e. The summed E-state index contributed by atoms with van der Waals surface area (Å²) >= 11 is 0. The van der Waals surface area contributed by atoms with Gasteiger partial charge in [-0.3, -0.25) is 9.59 Å². The number of unbranched alkanes of at least 4 members (excludes halogenated alkanes) is 2. The van der Waals surface area contributed by atoms with Crippen molar-refractivity contribution in [1.29, 1.82) is 5.26 Å². The topological polar surface area (TPSA) is 78.7 Å². The molecule has 2 rings (SSSR count). The molecule has 0 bridgehead atoms. The third-order valence-electron chi connectivity index (χ3n) is 3.11. The molecule has 0 amide bonds. The molecule has 19 heavy (non-hydrogen) atoms. The minimum Gasteiger partial charge on any atom is -0.321 e. The van der Waals surface area contributed by atoms with Gasteiger partial charge in [0.2, 0.25) is 0 Å². The highest BCUT2D eigenvalue weighted by molar-refractivity contribution is 5.78. The SMILES string of the molecule is CCCCCn1ccc2[nH]c(=O)c(C#N)cc2c1=O. The average Bonchev–Trinajstić information content (AvgIpc) is 2.41. The first-order chi connectivity index (χ1) is 9.17. The van der Waals surface area contributed by atoms with Crippen LogP contribution in [-0.4, -0.2) is 9.55 Å². The third kappa shape index (κ3) is 2.58. The largest absolute Gasteiger partial charge is 0.321 e. The van der Waals surface area contributed by atoms with Gasteiger partial charge in [0.15, 0.2) is 0 Å². The molecule has 2 aromatic heterocycles. The summed E-state index contributed by atoms with van der Waals surface area (Å²) in [6.45, 7) is 2.76. The second-order valence-electron chi connectivity index (χ2n) is 4.47. The molecule has 2 heterocycles. The lowest BCUT2D eigenvalue weighted by molar-refractivity contribution is 0.590. The van der Waals surface area contributed by atoms with Crippen LogP contribution in [0.25, 0.3) is 10.9 Å². The van der Waals surface area contributed by atoms with E-state index in [0.29, 0.717) is 17.4 Å². The van der Waals surface area contributed by atoms with Crippen molar-refractivity contribution in [3.05, 3.63) is 44.6 Å². The number of pyridine rings is 2. The smallest absolute Gasteiger partial charge is 0.266 e. The van der Waals surface area contributed by atoms with Gasteiger partial charge in [-0.05, 0) is 18.6 Å². The number of nitriles is 1. The van der Waals surface area contributed by atoms with E-state index in [1.54, 1.807) is 22.9 Å². The van der Waals surface area contributed by atoms with Gasteiger partial charge in [0.05, 0.1) is 10.9 Å². The number of hydrogen-bond donors (Lipinski definition) is 1. The van der Waals surface area contributed by atoms with Crippen LogP contribution in [0.2, 0.25) is 0 Å². The number of nitrogens with zero attached hydrogens (tertiary/aromatic N) is 2. The molecule has 0 saturated carbocycles. The molecular weight excluding hydrogens is 242 g/mol. The lowest BCUT2D eigenvalue weighted by Crippen LogP contribution is -2.22. The minimum absolute atomic E-state index is 0.0316. The fourth-order valence-electron chi connectivity index (χ4n) is 2.03. The number of hydrogen-bond acceptors (Lipinski definition) is 3. The van der Waals surface area contributed by atoms with E-state index < -0.39 is 5.56 Å². The van der Waals surface area contributed by atoms with Gasteiger partial charge in [-0.25, -0.2) is 0 Å². The molecule has 0 saturated heterocycles. The zero-order valence-electron chi connectivity index (χ0n) is 10.8. The highest BCUT2D eigenvalue weighted by atomic mass is 16.1. The molecule has 1 N–H and O–H groups in total. The molecule has 5 heteroatoms. The van der Waals surface area contributed by atoms with Crippen molar-refractivity contribution in [2.75, 3.05) is 0 Å². The Morgan fingerprint density at radius 1 is 1.37 bits per heavy atom. The summed E-state index contributed by atoms with van der Waals surface area (Å²) < 4.78 is 1.62. The van der Waals surface area contributed by atoms with Crippen LogP contribution in [0.1, 0.15) is 31.7 Å². The first-order valence-electron chi connectivity index (χ1n) is 6.34. The van der Waals surface area contributed by atoms with Crippen LogP contribution in [0, 0.1) is 11.3 Å². The van der Waals surface area contributed by atoms with Gasteiger partial charge in [-0.2, -0.15) is 5.26 Å². The van der Waals surface area contributed by atoms with Crippen molar-refractivity contribution in [3.8, 4) is 6.07 Å². The van der Waals surface area contributed by atoms with E-state index in [2.05, 4.69) is 11.9 Å². The number of rotatable bonds is 4. The van der Waals surface area contributed by atoms with E-state index in [9.17, 15) is 9.59 Å². The Bertz CT molecular complexity index is 750. The van der Waals surface area contributed by atoms with Crippen molar-refractivity contribution in [2.24, 2.45) is 0 Å². The van der Waals surface area contributed by atoms with Gasteiger partial charge in [0.25, 0.3) is 11.1 Å². The molecule has 0 aliphatic rings. The van der Waals surface area contributed by atoms with Crippen LogP contribution >= 0.6 is 0 Å². The van der Waals surface area contributed by atoms with Crippen molar-refractivity contribution < 1.29 is 0 Å². The molecular formula is C14H15N3O2. The normalized spacial score (nSPS) is 10.5. The fraction of sp³-hybridized carbons (Fsp3) is 0.357. The Balaban J connectivity index is 2.52. The molecule has 0 aliphatic carbocycles. The first-order valence-corrected chi connectivity index (χ1v) is 6.34. The Labute approximate surface area is 110 Å². The number of H-pyrrole nitrogens is 1. The summed E-state index contributed by atoms with van der Waals surface area (Å²) in [6, 6.07) is 4.86. The monoisotopic (exact) mass is 257 g/mol. The summed E-state index contributed by atoms with van der Waals surface area (Å²) in [4.78, 5) is 26.3. The van der Waals surface area contributed by atoms with E-state index in [-0.39, 0.29) is 11.1 Å². The molecule has 0 aromatic carbocycles. The van der Waals surface area contributed by atoms with Gasteiger partial charge in [0, 0.05) is 12.7 Å². The first kappa shape index (κ1) is 13.1. The van der Waals surface area contributed by atoms with Crippen LogP contribution in [0.3, 0.4) is 0 Å². The number of fused-ring (bicyclic) bond motifs is 1. The van der Waals surface area contributed by atoms with Crippen LogP contribution in [-0.2, 0) is 6.54 Å². The summed E-state index contributed by atoms with van der Waals surface area (Å²) in [6.07, 6.45) is 4.78. The highest BCUT2D eigenvalue weighted by Gasteiger charge is 2.07. The maximum atomic E-state index is 12.2. The van der Waals surface area contributed by atoms with E-state index in [1.165, 1.54) is 6.07 Å². The Morgan fingerprint density at radius 3 is 2.84 bits per heavy atom. The highest BCUT2D eigenvalue weighted by Crippen LogP contribution is 2.06. The molecule has 0 radical (unpaired) electrons. The van der Waals surface area contributed by atoms with Crippen LogP contribution in [0.5, 0.6) is 0 Å². The molecule has 2 aromatic rings. The zero-order chi connectivity index (χ0) is 13.8. The summed E-state index contributed by atoms with van der Waals surface area (Å²) in [5, 5.41) is 9.22. The fourth-order valence-corrected chi connectivity index (χ4v) is 2.03. The Hall–Kier alpha value is -2.35. The van der Waals surface area contributed by atoms with Crippen molar-refractivity contribution in [3.63, 3.8) is 0 Å². The van der Waals surface area contributed by atoms with Crippen LogP contribution in [0.15, 0.2) is 27.9 Å². The van der Waals surface area contributed by atoms with E-state index in [1.807, 2.05) is 0 Å². The zero-order valence-corrected chi connectivity index (χ0v) is 10.8. The average molecular weight is 257 g/mol. The molecule has 0 spiro atoms. The second-order valence-corrected chi connectivity index (χ2v) is 4.47. The molecule has 0 unspecified atom stereocenters. The van der Waals surface area contributed by atoms with E-state index in [0.717, 1.165) is 19.3 Å². The van der Waals surface area contributed by atoms with Gasteiger partial charge in [-0.1, -0.05) is 19.8 Å². The Morgan fingerprint density at radius 2 is 2.16 bits per heavy atom. The van der Waals surface area contributed by atoms with E-state index in [4.69, 9.17) is 5.26 Å². The van der Waals surface area contributed by atoms with Gasteiger partial charge >= 0.3 is 0 Å². The lowest BCUT2D eigenvalue weighted by Gasteiger charge is -2.06. The number of aromatic nitrogens is 2. The standard InChI is InChI=1S/C14H15N3O2/c1-2-3-4-6-17-7-5-12-11(14(17)19)8-10(9-15)13(18)16-12/h5,7-8H,2-4,6H2,1H3,(H,16,18). The van der Waals surface area contributed by atoms with Crippen molar-refractivity contribution in [2.45, 2.75) is 32.7 Å². The second kappa shape index (κ2) is 5.53. The third-order valence-corrected chi connectivity index (χ3v) is 3.11. The minimum atomic E-state index is -0.460. The van der Waals surface area contributed by atoms with Crippen molar-refractivity contribution in [1.82, 2.24) is 9.55 Å². The van der Waals surface area contributed by atoms with Gasteiger partial charge in [0.1, 0.15) is 11.6 Å². The molecule has 98 valence electrons. The molecule has 5 nitrogen and oxygen atoms in total. The summed E-state index contributed by atoms with van der Waals surface area (Å²) in [5.74, 6) is 0. The number of aryl methyl sites for hydroxylation is 1. The van der Waals surface area contributed by atoms with Crippen LogP contribution in [0.4, 0.5) is 0 Å². The Kier molecular flexibility index (Phi) is 3.81. The molecule has 0 atom stereocenters. The predicted molar refractivity (Wildman–Crippen MR) is 73.1 cm³/mol. The van der Waals surface area contributed by atoms with E-state index >= 15 is 0 Å². The molecule has 0 fully saturated rings.